The van der Waals surface area contributed by atoms with Crippen molar-refractivity contribution >= 4 is 39.1 Å². The highest BCUT2D eigenvalue weighted by Gasteiger charge is 2.28. The molecule has 2 heterocycles. The number of rotatable bonds is 5. The van der Waals surface area contributed by atoms with Crippen LogP contribution in [0.4, 0.5) is 0 Å². The highest BCUT2D eigenvalue weighted by atomic mass is 35.5. The van der Waals surface area contributed by atoms with E-state index in [1.165, 1.54) is 14.6 Å². The molecule has 1 amide bonds. The minimum atomic E-state index is 0.227. The fraction of sp³-hybridized carbons (Fsp3) is 0.364. The lowest BCUT2D eigenvalue weighted by Gasteiger charge is -2.32. The van der Waals surface area contributed by atoms with Crippen LogP contribution >= 0.6 is 22.9 Å². The second-order valence-electron chi connectivity index (χ2n) is 7.64. The first-order valence-electron chi connectivity index (χ1n) is 9.77. The summed E-state index contributed by atoms with van der Waals surface area (Å²) in [6.45, 7) is 2.92. The van der Waals surface area contributed by atoms with E-state index in [9.17, 15) is 4.79 Å². The van der Waals surface area contributed by atoms with Crippen molar-refractivity contribution in [1.82, 2.24) is 9.88 Å². The zero-order valence-electron chi connectivity index (χ0n) is 16.0. The zero-order valence-corrected chi connectivity index (χ0v) is 17.6. The van der Waals surface area contributed by atoms with Gasteiger partial charge in [-0.15, -0.1) is 11.3 Å². The summed E-state index contributed by atoms with van der Waals surface area (Å²) in [6, 6.07) is 16.1. The third-order valence-electron chi connectivity index (χ3n) is 5.28. The maximum Gasteiger partial charge on any atom is 0.277 e. The third-order valence-corrected chi connectivity index (χ3v) is 6.72. The number of nitrogens with zero attached hydrogens (tertiary/aromatic N) is 2. The molecule has 2 atom stereocenters. The van der Waals surface area contributed by atoms with Crippen molar-refractivity contribution in [3.05, 3.63) is 64.1 Å². The Labute approximate surface area is 174 Å². The van der Waals surface area contributed by atoms with E-state index in [2.05, 4.69) is 31.3 Å². The molecule has 28 heavy (non-hydrogen) atoms. The number of piperidine rings is 1. The number of hydrogen-bond acceptors (Lipinski definition) is 3. The van der Waals surface area contributed by atoms with Crippen molar-refractivity contribution < 1.29 is 9.69 Å². The van der Waals surface area contributed by atoms with Gasteiger partial charge in [-0.25, -0.2) is 4.98 Å². The lowest BCUT2D eigenvalue weighted by molar-refractivity contribution is -0.885. The SMILES string of the molecule is C[NH+](CC(=O)N1CCC[C@@H](c2nc3ccccc3s2)C1)Cc1cccc(Cl)c1. The molecule has 6 heteroatoms. The Balaban J connectivity index is 1.37. The highest BCUT2D eigenvalue weighted by molar-refractivity contribution is 7.18. The van der Waals surface area contributed by atoms with E-state index in [0.717, 1.165) is 48.6 Å². The summed E-state index contributed by atoms with van der Waals surface area (Å²) in [4.78, 5) is 20.9. The van der Waals surface area contributed by atoms with Crippen molar-refractivity contribution in [2.75, 3.05) is 26.7 Å². The minimum Gasteiger partial charge on any atom is -0.337 e. The van der Waals surface area contributed by atoms with E-state index in [1.54, 1.807) is 11.3 Å². The zero-order chi connectivity index (χ0) is 19.5. The summed E-state index contributed by atoms with van der Waals surface area (Å²) in [5.74, 6) is 0.577. The molecule has 0 spiro atoms. The molecular formula is C22H25ClN3OS+. The van der Waals surface area contributed by atoms with Gasteiger partial charge in [-0.3, -0.25) is 4.79 Å². The molecule has 1 aromatic heterocycles. The van der Waals surface area contributed by atoms with Gasteiger partial charge in [0.2, 0.25) is 0 Å². The lowest BCUT2D eigenvalue weighted by Crippen LogP contribution is -3.08. The highest BCUT2D eigenvalue weighted by Crippen LogP contribution is 2.32. The Morgan fingerprint density at radius 1 is 1.29 bits per heavy atom. The number of carbonyl (C=O) groups is 1. The normalized spacial score (nSPS) is 18.4. The number of nitrogens with one attached hydrogen (secondary N) is 1. The van der Waals surface area contributed by atoms with Gasteiger partial charge >= 0.3 is 0 Å². The Bertz CT molecular complexity index is 940. The summed E-state index contributed by atoms with van der Waals surface area (Å²) < 4.78 is 1.23. The van der Waals surface area contributed by atoms with E-state index in [0.29, 0.717) is 12.5 Å². The topological polar surface area (TPSA) is 37.6 Å². The first kappa shape index (κ1) is 19.4. The first-order valence-corrected chi connectivity index (χ1v) is 11.0. The van der Waals surface area contributed by atoms with Gasteiger partial charge in [0, 0.05) is 29.6 Å². The number of amides is 1. The van der Waals surface area contributed by atoms with Crippen molar-refractivity contribution in [3.8, 4) is 0 Å². The maximum absolute atomic E-state index is 12.9. The van der Waals surface area contributed by atoms with Crippen LogP contribution in [0.15, 0.2) is 48.5 Å². The van der Waals surface area contributed by atoms with Crippen molar-refractivity contribution in [3.63, 3.8) is 0 Å². The number of thiazole rings is 1. The van der Waals surface area contributed by atoms with E-state index in [1.807, 2.05) is 29.2 Å². The summed E-state index contributed by atoms with van der Waals surface area (Å²) >= 11 is 7.84. The lowest BCUT2D eigenvalue weighted by atomic mass is 9.98. The number of likely N-dealkylation sites (tertiary alicyclic amines) is 1. The van der Waals surface area contributed by atoms with Gasteiger partial charge in [-0.05, 0) is 37.1 Å². The van der Waals surface area contributed by atoms with Crippen LogP contribution in [0.5, 0.6) is 0 Å². The van der Waals surface area contributed by atoms with Gasteiger partial charge in [-0.2, -0.15) is 0 Å². The molecule has 0 aliphatic carbocycles. The molecule has 0 radical (unpaired) electrons. The van der Waals surface area contributed by atoms with Crippen LogP contribution in [0.25, 0.3) is 10.2 Å². The molecule has 1 aliphatic heterocycles. The predicted octanol–water partition coefficient (Wildman–Crippen LogP) is 3.37. The van der Waals surface area contributed by atoms with E-state index < -0.39 is 0 Å². The van der Waals surface area contributed by atoms with Crippen LogP contribution in [0.2, 0.25) is 5.02 Å². The number of hydrogen-bond donors (Lipinski definition) is 1. The van der Waals surface area contributed by atoms with Crippen LogP contribution in [0, 0.1) is 0 Å². The Morgan fingerprint density at radius 2 is 2.14 bits per heavy atom. The largest absolute Gasteiger partial charge is 0.337 e. The van der Waals surface area contributed by atoms with Crippen molar-refractivity contribution in [2.24, 2.45) is 0 Å². The summed E-state index contributed by atoms with van der Waals surface area (Å²) in [7, 11) is 2.06. The van der Waals surface area contributed by atoms with Gasteiger partial charge in [0.05, 0.1) is 22.3 Å². The molecule has 4 nitrogen and oxygen atoms in total. The molecule has 4 rings (SSSR count). The molecule has 2 aromatic carbocycles. The minimum absolute atomic E-state index is 0.227. The van der Waals surface area contributed by atoms with E-state index in [-0.39, 0.29) is 5.91 Å². The number of fused-ring (bicyclic) bond motifs is 1. The van der Waals surface area contributed by atoms with Crippen LogP contribution in [-0.4, -0.2) is 42.5 Å². The van der Waals surface area contributed by atoms with Gasteiger partial charge in [0.15, 0.2) is 6.54 Å². The van der Waals surface area contributed by atoms with Gasteiger partial charge in [0.1, 0.15) is 6.54 Å². The van der Waals surface area contributed by atoms with Crippen molar-refractivity contribution in [2.45, 2.75) is 25.3 Å². The van der Waals surface area contributed by atoms with Gasteiger partial charge in [-0.1, -0.05) is 35.9 Å². The molecule has 0 saturated carbocycles. The fourth-order valence-electron chi connectivity index (χ4n) is 3.90. The molecule has 1 saturated heterocycles. The fourth-order valence-corrected chi connectivity index (χ4v) is 5.20. The Kier molecular flexibility index (Phi) is 5.95. The van der Waals surface area contributed by atoms with Crippen LogP contribution in [-0.2, 0) is 11.3 Å². The van der Waals surface area contributed by atoms with Gasteiger partial charge < -0.3 is 9.80 Å². The molecule has 1 aliphatic rings. The molecule has 146 valence electrons. The van der Waals surface area contributed by atoms with E-state index in [4.69, 9.17) is 16.6 Å². The number of aromatic nitrogens is 1. The van der Waals surface area contributed by atoms with Crippen molar-refractivity contribution in [1.29, 1.82) is 0 Å². The summed E-state index contributed by atoms with van der Waals surface area (Å²) in [5, 5.41) is 1.91. The average molecular weight is 415 g/mol. The molecule has 1 N–H and O–H groups in total. The molecular weight excluding hydrogens is 390 g/mol. The third kappa shape index (κ3) is 4.54. The molecule has 3 aromatic rings. The molecule has 1 unspecified atom stereocenters. The number of quaternary nitrogens is 1. The quantitative estimate of drug-likeness (QED) is 0.695. The average Bonchev–Trinajstić information content (AvgIpc) is 3.12. The Morgan fingerprint density at radius 3 is 2.96 bits per heavy atom. The molecule has 1 fully saturated rings. The van der Waals surface area contributed by atoms with Crippen LogP contribution < -0.4 is 4.90 Å². The number of likely N-dealkylation sites (N-methyl/N-ethyl adjacent to an activating group) is 1. The van der Waals surface area contributed by atoms with E-state index >= 15 is 0 Å². The van der Waals surface area contributed by atoms with Gasteiger partial charge in [0.25, 0.3) is 5.91 Å². The monoisotopic (exact) mass is 414 g/mol. The van der Waals surface area contributed by atoms with Crippen LogP contribution in [0.1, 0.15) is 29.3 Å². The predicted molar refractivity (Wildman–Crippen MR) is 115 cm³/mol. The maximum atomic E-state index is 12.9. The smallest absolute Gasteiger partial charge is 0.277 e. The standard InChI is InChI=1S/C22H24ClN3OS/c1-25(13-16-6-4-8-18(23)12-16)15-21(27)26-11-5-7-17(14-26)22-24-19-9-2-3-10-20(19)28-22/h2-4,6,8-10,12,17H,5,7,11,13-15H2,1H3/p+1/t17-/m1/s1. The Hall–Kier alpha value is -1.95. The van der Waals surface area contributed by atoms with Crippen LogP contribution in [0.3, 0.4) is 0 Å². The number of halogens is 1. The molecule has 0 bridgehead atoms. The summed E-state index contributed by atoms with van der Waals surface area (Å²) in [6.07, 6.45) is 2.15. The second kappa shape index (κ2) is 8.60. The first-order chi connectivity index (χ1) is 13.6. The number of benzene rings is 2. The summed E-state index contributed by atoms with van der Waals surface area (Å²) in [5.41, 5.74) is 2.22. The second-order valence-corrected chi connectivity index (χ2v) is 9.14. The number of carbonyl (C=O) groups excluding carboxylic acids is 1. The number of para-hydroxylation sites is 1.